The Labute approximate surface area is 213 Å². The molecule has 1 amide bonds. The van der Waals surface area contributed by atoms with Crippen molar-refractivity contribution in [2.45, 2.75) is 38.5 Å². The van der Waals surface area contributed by atoms with Crippen LogP contribution in [0.5, 0.6) is 5.75 Å². The number of alkyl halides is 3. The number of amides is 1. The molecule has 0 heterocycles. The van der Waals surface area contributed by atoms with E-state index in [2.05, 4.69) is 11.9 Å². The number of nitrogens with one attached hydrogen (secondary N) is 1. The fraction of sp³-hybridized carbons (Fsp3) is 0.241. The zero-order valence-corrected chi connectivity index (χ0v) is 20.3. The number of carbonyl (C=O) groups excluding carboxylic acids is 1. The lowest BCUT2D eigenvalue weighted by molar-refractivity contribution is -0.138. The average Bonchev–Trinajstić information content (AvgIpc) is 2.87. The quantitative estimate of drug-likeness (QED) is 0.277. The molecule has 5 nitrogen and oxygen atoms in total. The van der Waals surface area contributed by atoms with Gasteiger partial charge >= 0.3 is 12.1 Å². The number of carbonyl (C=O) groups is 2. The van der Waals surface area contributed by atoms with Gasteiger partial charge in [0.05, 0.1) is 12.0 Å². The molecule has 0 bridgehead atoms. The van der Waals surface area contributed by atoms with Gasteiger partial charge in [-0.2, -0.15) is 13.2 Å². The van der Waals surface area contributed by atoms with Crippen LogP contribution in [-0.4, -0.2) is 23.5 Å². The topological polar surface area (TPSA) is 75.6 Å². The number of hydrogen-bond acceptors (Lipinski definition) is 3. The van der Waals surface area contributed by atoms with Gasteiger partial charge in [-0.3, -0.25) is 9.59 Å². The van der Waals surface area contributed by atoms with Gasteiger partial charge in [-0.25, -0.2) is 0 Å². The van der Waals surface area contributed by atoms with Crippen LogP contribution in [0.15, 0.2) is 79.4 Å². The van der Waals surface area contributed by atoms with E-state index in [9.17, 15) is 22.8 Å². The lowest BCUT2D eigenvalue weighted by Gasteiger charge is -2.21. The third-order valence-corrected chi connectivity index (χ3v) is 5.78. The Morgan fingerprint density at radius 2 is 1.65 bits per heavy atom. The highest BCUT2D eigenvalue weighted by Gasteiger charge is 2.30. The lowest BCUT2D eigenvalue weighted by Crippen LogP contribution is -2.26. The van der Waals surface area contributed by atoms with Crippen LogP contribution in [0.3, 0.4) is 0 Å². The molecule has 1 atom stereocenters. The summed E-state index contributed by atoms with van der Waals surface area (Å²) >= 11 is 0. The number of halogens is 3. The van der Waals surface area contributed by atoms with Gasteiger partial charge in [0, 0.05) is 12.1 Å². The molecule has 0 aliphatic rings. The fourth-order valence-corrected chi connectivity index (χ4v) is 3.82. The Morgan fingerprint density at radius 3 is 2.19 bits per heavy atom. The van der Waals surface area contributed by atoms with Crippen LogP contribution in [0.2, 0.25) is 0 Å². The molecule has 0 aliphatic carbocycles. The van der Waals surface area contributed by atoms with Crippen LogP contribution >= 0.6 is 0 Å². The van der Waals surface area contributed by atoms with Crippen LogP contribution in [0.1, 0.15) is 52.9 Å². The molecule has 194 valence electrons. The summed E-state index contributed by atoms with van der Waals surface area (Å²) in [6, 6.07) is 17.5. The van der Waals surface area contributed by atoms with Crippen LogP contribution in [0.4, 0.5) is 13.2 Å². The van der Waals surface area contributed by atoms with Gasteiger partial charge in [-0.15, -0.1) is 6.58 Å². The van der Waals surface area contributed by atoms with Crippen LogP contribution in [0, 0.1) is 0 Å². The number of hydrogen-bond donors (Lipinski definition) is 2. The second kappa shape index (κ2) is 12.3. The Bertz CT molecular complexity index is 1240. The molecule has 0 saturated heterocycles. The van der Waals surface area contributed by atoms with Crippen molar-refractivity contribution in [3.8, 4) is 16.9 Å². The largest absolute Gasteiger partial charge is 0.485 e. The summed E-state index contributed by atoms with van der Waals surface area (Å²) < 4.78 is 44.8. The molecular formula is C29H28F3NO4. The summed E-state index contributed by atoms with van der Waals surface area (Å²) in [5.74, 6) is -0.765. The van der Waals surface area contributed by atoms with E-state index in [1.165, 1.54) is 12.1 Å². The number of carboxylic acid groups (broad SMARTS) is 1. The molecule has 0 spiro atoms. The molecule has 0 aliphatic heterocycles. The summed E-state index contributed by atoms with van der Waals surface area (Å²) in [5, 5.41) is 11.3. The standard InChI is InChI=1S/C29H28F3NO4/c1-3-5-22-18-23(28(36)33-17-16-27(34)35)12-15-26(22)37-25(4-2)21-8-6-19(7-9-21)20-10-13-24(14-11-20)29(30,31)32/h3,6-15,18,25H,1,4-5,16-17H2,2H3,(H,33,36)(H,34,35). The molecule has 37 heavy (non-hydrogen) atoms. The van der Waals surface area contributed by atoms with Crippen molar-refractivity contribution in [2.75, 3.05) is 6.54 Å². The Kier molecular flexibility index (Phi) is 9.11. The second-order valence-corrected chi connectivity index (χ2v) is 8.43. The van der Waals surface area contributed by atoms with Gasteiger partial charge in [-0.1, -0.05) is 49.4 Å². The molecule has 3 rings (SSSR count). The monoisotopic (exact) mass is 511 g/mol. The molecule has 0 fully saturated rings. The van der Waals surface area contributed by atoms with Crippen molar-refractivity contribution < 1.29 is 32.6 Å². The molecule has 0 saturated carbocycles. The Morgan fingerprint density at radius 1 is 1.03 bits per heavy atom. The highest BCUT2D eigenvalue weighted by Crippen LogP contribution is 2.33. The zero-order valence-electron chi connectivity index (χ0n) is 20.3. The molecule has 3 aromatic rings. The fourth-order valence-electron chi connectivity index (χ4n) is 3.82. The first-order chi connectivity index (χ1) is 17.6. The van der Waals surface area contributed by atoms with Gasteiger partial charge < -0.3 is 15.2 Å². The van der Waals surface area contributed by atoms with E-state index in [-0.39, 0.29) is 25.0 Å². The molecule has 3 aromatic carbocycles. The first kappa shape index (κ1) is 27.5. The van der Waals surface area contributed by atoms with Crippen LogP contribution < -0.4 is 10.1 Å². The summed E-state index contributed by atoms with van der Waals surface area (Å²) in [6.45, 7) is 5.78. The first-order valence-electron chi connectivity index (χ1n) is 11.8. The second-order valence-electron chi connectivity index (χ2n) is 8.43. The Balaban J connectivity index is 1.76. The van der Waals surface area contributed by atoms with Crippen molar-refractivity contribution in [2.24, 2.45) is 0 Å². The van der Waals surface area contributed by atoms with Crippen molar-refractivity contribution in [1.29, 1.82) is 0 Å². The number of carboxylic acids is 1. The smallest absolute Gasteiger partial charge is 0.416 e. The van der Waals surface area contributed by atoms with Crippen LogP contribution in [-0.2, 0) is 17.4 Å². The average molecular weight is 512 g/mol. The first-order valence-corrected chi connectivity index (χ1v) is 11.8. The van der Waals surface area contributed by atoms with Gasteiger partial charge in [0.15, 0.2) is 0 Å². The minimum atomic E-state index is -4.37. The zero-order chi connectivity index (χ0) is 27.0. The number of benzene rings is 3. The molecule has 8 heteroatoms. The van der Waals surface area contributed by atoms with E-state index in [0.29, 0.717) is 29.7 Å². The number of ether oxygens (including phenoxy) is 1. The third kappa shape index (κ3) is 7.46. The molecule has 0 aromatic heterocycles. The highest BCUT2D eigenvalue weighted by molar-refractivity contribution is 5.94. The SMILES string of the molecule is C=CCc1cc(C(=O)NCCC(=O)O)ccc1OC(CC)c1ccc(-c2ccc(C(F)(F)F)cc2)cc1. The number of allylic oxidation sites excluding steroid dienone is 1. The number of aliphatic carboxylic acids is 1. The van der Waals surface area contributed by atoms with E-state index in [0.717, 1.165) is 28.8 Å². The predicted octanol–water partition coefficient (Wildman–Crippen LogP) is 6.84. The van der Waals surface area contributed by atoms with Gasteiger partial charge in [0.2, 0.25) is 0 Å². The van der Waals surface area contributed by atoms with Gasteiger partial charge in [0.1, 0.15) is 11.9 Å². The van der Waals surface area contributed by atoms with E-state index in [4.69, 9.17) is 9.84 Å². The highest BCUT2D eigenvalue weighted by atomic mass is 19.4. The van der Waals surface area contributed by atoms with Crippen molar-refractivity contribution >= 4 is 11.9 Å². The normalized spacial score (nSPS) is 12.0. The van der Waals surface area contributed by atoms with E-state index in [1.807, 2.05) is 31.2 Å². The minimum absolute atomic E-state index is 0.0313. The lowest BCUT2D eigenvalue weighted by atomic mass is 9.99. The van der Waals surface area contributed by atoms with Crippen molar-refractivity contribution in [3.63, 3.8) is 0 Å². The van der Waals surface area contributed by atoms with E-state index < -0.39 is 17.7 Å². The third-order valence-electron chi connectivity index (χ3n) is 5.78. The predicted molar refractivity (Wildman–Crippen MR) is 135 cm³/mol. The van der Waals surface area contributed by atoms with Gasteiger partial charge in [-0.05, 0) is 65.4 Å². The molecule has 2 N–H and O–H groups in total. The van der Waals surface area contributed by atoms with E-state index >= 15 is 0 Å². The summed E-state index contributed by atoms with van der Waals surface area (Å²) in [6.07, 6.45) is -2.00. The summed E-state index contributed by atoms with van der Waals surface area (Å²) in [7, 11) is 0. The molecular weight excluding hydrogens is 483 g/mol. The Hall–Kier alpha value is -4.07. The van der Waals surface area contributed by atoms with Crippen molar-refractivity contribution in [1.82, 2.24) is 5.32 Å². The maximum absolute atomic E-state index is 12.8. The summed E-state index contributed by atoms with van der Waals surface area (Å²) in [5.41, 5.74) is 2.84. The number of rotatable bonds is 11. The molecule has 1 unspecified atom stereocenters. The maximum Gasteiger partial charge on any atom is 0.416 e. The van der Waals surface area contributed by atoms with Crippen molar-refractivity contribution in [3.05, 3.63) is 102 Å². The van der Waals surface area contributed by atoms with Crippen LogP contribution in [0.25, 0.3) is 11.1 Å². The minimum Gasteiger partial charge on any atom is -0.485 e. The molecule has 0 radical (unpaired) electrons. The van der Waals surface area contributed by atoms with Gasteiger partial charge in [0.25, 0.3) is 5.91 Å². The summed E-state index contributed by atoms with van der Waals surface area (Å²) in [4.78, 5) is 23.1. The maximum atomic E-state index is 12.8. The van der Waals surface area contributed by atoms with E-state index in [1.54, 1.807) is 24.3 Å².